The molecule has 3 heteroatoms. The maximum atomic E-state index is 6.12. The van der Waals surface area contributed by atoms with Gasteiger partial charge in [0.15, 0.2) is 5.82 Å². The maximum Gasteiger partial charge on any atom is 0.160 e. The molecule has 2 heterocycles. The van der Waals surface area contributed by atoms with Crippen LogP contribution >= 0.6 is 0 Å². The van der Waals surface area contributed by atoms with Gasteiger partial charge >= 0.3 is 0 Å². The molecule has 240 valence electrons. The second-order valence-corrected chi connectivity index (χ2v) is 13.5. The van der Waals surface area contributed by atoms with E-state index in [-0.39, 0.29) is 5.41 Å². The Labute approximate surface area is 296 Å². The van der Waals surface area contributed by atoms with Crippen molar-refractivity contribution in [2.24, 2.45) is 0 Å². The van der Waals surface area contributed by atoms with Crippen LogP contribution in [0.5, 0.6) is 0 Å². The zero-order valence-electron chi connectivity index (χ0n) is 28.0. The van der Waals surface area contributed by atoms with E-state index in [1.165, 1.54) is 38.9 Å². The molecular formula is C48H32N2O. The van der Waals surface area contributed by atoms with Crippen LogP contribution < -0.4 is 0 Å². The lowest BCUT2D eigenvalue weighted by molar-refractivity contribution is 0.669. The summed E-state index contributed by atoms with van der Waals surface area (Å²) in [5.74, 6) is 0.697. The van der Waals surface area contributed by atoms with E-state index in [0.717, 1.165) is 50.0 Å². The number of hydrogen-bond donors (Lipinski definition) is 0. The molecule has 0 aliphatic heterocycles. The van der Waals surface area contributed by atoms with Gasteiger partial charge in [-0.15, -0.1) is 0 Å². The summed E-state index contributed by atoms with van der Waals surface area (Å²) in [4.78, 5) is 10.2. The second-order valence-electron chi connectivity index (χ2n) is 13.5. The quantitative estimate of drug-likeness (QED) is 0.186. The first kappa shape index (κ1) is 29.3. The number of hydrogen-bond acceptors (Lipinski definition) is 3. The van der Waals surface area contributed by atoms with Crippen molar-refractivity contribution in [1.29, 1.82) is 0 Å². The molecule has 0 radical (unpaired) electrons. The number of furan rings is 1. The minimum absolute atomic E-state index is 0.202. The first-order valence-corrected chi connectivity index (χ1v) is 17.4. The van der Waals surface area contributed by atoms with Gasteiger partial charge in [-0.3, -0.25) is 0 Å². The van der Waals surface area contributed by atoms with Crippen molar-refractivity contribution in [3.05, 3.63) is 193 Å². The van der Waals surface area contributed by atoms with Crippen LogP contribution in [0, 0.1) is 0 Å². The molecule has 1 aliphatic carbocycles. The smallest absolute Gasteiger partial charge is 0.160 e. The van der Waals surface area contributed by atoms with Gasteiger partial charge in [0.25, 0.3) is 0 Å². The molecule has 7 aromatic carbocycles. The van der Waals surface area contributed by atoms with Crippen LogP contribution in [0.2, 0.25) is 0 Å². The Bertz CT molecular complexity index is 2750. The number of rotatable bonds is 5. The fourth-order valence-corrected chi connectivity index (χ4v) is 7.94. The molecule has 10 rings (SSSR count). The SMILES string of the molecule is CC1(c2ccccc2)c2ccccc2-c2cc(-c3ccc(-c4cc(-c5ccc6oc7ccccc7c6c5)nc(-c5ccccc5)n4)cc3)ccc21. The number of fused-ring (bicyclic) bond motifs is 6. The zero-order valence-corrected chi connectivity index (χ0v) is 28.0. The van der Waals surface area contributed by atoms with Crippen LogP contribution in [-0.4, -0.2) is 9.97 Å². The molecule has 1 aliphatic rings. The molecule has 0 amide bonds. The van der Waals surface area contributed by atoms with Gasteiger partial charge < -0.3 is 4.42 Å². The first-order chi connectivity index (χ1) is 25.1. The predicted molar refractivity (Wildman–Crippen MR) is 208 cm³/mol. The van der Waals surface area contributed by atoms with Crippen molar-refractivity contribution >= 4 is 21.9 Å². The molecule has 0 saturated heterocycles. The van der Waals surface area contributed by atoms with Crippen molar-refractivity contribution in [3.63, 3.8) is 0 Å². The second kappa shape index (κ2) is 11.5. The highest BCUT2D eigenvalue weighted by molar-refractivity contribution is 6.06. The van der Waals surface area contributed by atoms with Crippen LogP contribution in [-0.2, 0) is 5.41 Å². The van der Waals surface area contributed by atoms with Gasteiger partial charge in [-0.25, -0.2) is 9.97 Å². The third-order valence-corrected chi connectivity index (χ3v) is 10.6. The van der Waals surface area contributed by atoms with Crippen LogP contribution in [0.4, 0.5) is 0 Å². The summed E-state index contributed by atoms with van der Waals surface area (Å²) in [5.41, 5.74) is 15.3. The van der Waals surface area contributed by atoms with E-state index in [4.69, 9.17) is 14.4 Å². The van der Waals surface area contributed by atoms with Gasteiger partial charge in [0.05, 0.1) is 11.4 Å². The van der Waals surface area contributed by atoms with E-state index in [9.17, 15) is 0 Å². The van der Waals surface area contributed by atoms with E-state index < -0.39 is 0 Å². The zero-order chi connectivity index (χ0) is 33.9. The Morgan fingerprint density at radius 1 is 0.412 bits per heavy atom. The average molecular weight is 653 g/mol. The lowest BCUT2D eigenvalue weighted by Crippen LogP contribution is -2.22. The fraction of sp³-hybridized carbons (Fsp3) is 0.0417. The van der Waals surface area contributed by atoms with Crippen LogP contribution in [0.15, 0.2) is 180 Å². The lowest BCUT2D eigenvalue weighted by Gasteiger charge is -2.28. The summed E-state index contributed by atoms with van der Waals surface area (Å²) in [6.07, 6.45) is 0. The van der Waals surface area contributed by atoms with E-state index in [1.54, 1.807) is 0 Å². The molecule has 0 saturated carbocycles. The van der Waals surface area contributed by atoms with Crippen LogP contribution in [0.25, 0.3) is 78.1 Å². The van der Waals surface area contributed by atoms with E-state index in [0.29, 0.717) is 5.82 Å². The van der Waals surface area contributed by atoms with Gasteiger partial charge in [0, 0.05) is 32.9 Å². The molecule has 0 spiro atoms. The standard InChI is InChI=1S/C48H32N2O/c1-48(36-14-6-3-7-15-36)41-18-10-8-16-37(41)39-28-34(24-26-42(39)48)31-20-22-32(23-21-31)43-30-44(50-47(49-43)33-12-4-2-5-13-33)35-25-27-46-40(29-35)38-17-9-11-19-45(38)51-46/h2-30H,1H3. The monoisotopic (exact) mass is 652 g/mol. The Morgan fingerprint density at radius 2 is 1.02 bits per heavy atom. The Morgan fingerprint density at radius 3 is 1.84 bits per heavy atom. The lowest BCUT2D eigenvalue weighted by atomic mass is 9.74. The number of aromatic nitrogens is 2. The molecule has 1 atom stereocenters. The molecule has 1 unspecified atom stereocenters. The molecule has 9 aromatic rings. The summed E-state index contributed by atoms with van der Waals surface area (Å²) >= 11 is 0. The van der Waals surface area contributed by atoms with Crippen LogP contribution in [0.1, 0.15) is 23.6 Å². The highest BCUT2D eigenvalue weighted by Crippen LogP contribution is 2.53. The summed E-state index contributed by atoms with van der Waals surface area (Å²) in [6.45, 7) is 2.36. The molecular weight excluding hydrogens is 621 g/mol. The Balaban J connectivity index is 1.05. The molecule has 0 bridgehead atoms. The predicted octanol–water partition coefficient (Wildman–Crippen LogP) is 12.4. The number of benzene rings is 7. The third kappa shape index (κ3) is 4.74. The normalized spacial score (nSPS) is 14.8. The van der Waals surface area contributed by atoms with Gasteiger partial charge in [0.1, 0.15) is 11.2 Å². The minimum Gasteiger partial charge on any atom is -0.456 e. The summed E-state index contributed by atoms with van der Waals surface area (Å²) < 4.78 is 6.12. The van der Waals surface area contributed by atoms with Gasteiger partial charge in [-0.2, -0.15) is 0 Å². The first-order valence-electron chi connectivity index (χ1n) is 17.4. The van der Waals surface area contributed by atoms with Crippen LogP contribution in [0.3, 0.4) is 0 Å². The molecule has 0 N–H and O–H groups in total. The number of nitrogens with zero attached hydrogens (tertiary/aromatic N) is 2. The average Bonchev–Trinajstić information content (AvgIpc) is 3.71. The highest BCUT2D eigenvalue weighted by atomic mass is 16.3. The van der Waals surface area contributed by atoms with Crippen molar-refractivity contribution in [2.45, 2.75) is 12.3 Å². The topological polar surface area (TPSA) is 38.9 Å². The summed E-state index contributed by atoms with van der Waals surface area (Å²) in [5, 5.41) is 2.18. The van der Waals surface area contributed by atoms with Gasteiger partial charge in [-0.05, 0) is 82.3 Å². The maximum absolute atomic E-state index is 6.12. The van der Waals surface area contributed by atoms with Crippen molar-refractivity contribution in [3.8, 4) is 56.2 Å². The molecule has 0 fully saturated rings. The van der Waals surface area contributed by atoms with Gasteiger partial charge in [0.2, 0.25) is 0 Å². The Kier molecular flexibility index (Phi) is 6.62. The minimum atomic E-state index is -0.202. The van der Waals surface area contributed by atoms with Crippen molar-refractivity contribution in [2.75, 3.05) is 0 Å². The van der Waals surface area contributed by atoms with E-state index >= 15 is 0 Å². The molecule has 2 aromatic heterocycles. The third-order valence-electron chi connectivity index (χ3n) is 10.6. The number of para-hydroxylation sites is 1. The molecule has 51 heavy (non-hydrogen) atoms. The molecule has 3 nitrogen and oxygen atoms in total. The highest BCUT2D eigenvalue weighted by Gasteiger charge is 2.40. The van der Waals surface area contributed by atoms with E-state index in [1.807, 2.05) is 42.5 Å². The van der Waals surface area contributed by atoms with Gasteiger partial charge in [-0.1, -0.05) is 140 Å². The summed E-state index contributed by atoms with van der Waals surface area (Å²) in [7, 11) is 0. The largest absolute Gasteiger partial charge is 0.456 e. The van der Waals surface area contributed by atoms with Crippen molar-refractivity contribution in [1.82, 2.24) is 9.97 Å². The van der Waals surface area contributed by atoms with Crippen molar-refractivity contribution < 1.29 is 4.42 Å². The summed E-state index contributed by atoms with van der Waals surface area (Å²) in [6, 6.07) is 62.2. The fourth-order valence-electron chi connectivity index (χ4n) is 7.94. The Hall–Kier alpha value is -6.58. The van der Waals surface area contributed by atoms with E-state index in [2.05, 4.69) is 140 Å².